The number of carbonyl (C=O) groups excluding carboxylic acids is 1. The highest BCUT2D eigenvalue weighted by atomic mass is 17.2. The quantitative estimate of drug-likeness (QED) is 0.263. The second-order valence-corrected chi connectivity index (χ2v) is 3.74. The summed E-state index contributed by atoms with van der Waals surface area (Å²) in [5.41, 5.74) is 1.89. The molecule has 98 valence electrons. The number of rotatable bonds is 5. The van der Waals surface area contributed by atoms with Crippen molar-refractivity contribution in [3.63, 3.8) is 0 Å². The molecule has 0 unspecified atom stereocenters. The van der Waals surface area contributed by atoms with Crippen molar-refractivity contribution in [3.05, 3.63) is 35.6 Å². The normalized spacial score (nSPS) is 11.0. The molecular formula is C13H17NO4. The molecule has 0 N–H and O–H groups in total. The standard InChI is InChI=1S/C13H17NO4/c1-14(2)11-7-5-10(6-8-11)9-12(18-17-4)13(15)16-3/h5-9H,1-4H3/b12-9+. The number of anilines is 1. The molecule has 0 aliphatic carbocycles. The summed E-state index contributed by atoms with van der Waals surface area (Å²) in [6.07, 6.45) is 1.55. The van der Waals surface area contributed by atoms with Gasteiger partial charge in [-0.25, -0.2) is 4.79 Å². The molecule has 18 heavy (non-hydrogen) atoms. The van der Waals surface area contributed by atoms with Crippen molar-refractivity contribution in [1.82, 2.24) is 0 Å². The Morgan fingerprint density at radius 3 is 2.22 bits per heavy atom. The first-order valence-corrected chi connectivity index (χ1v) is 5.36. The summed E-state index contributed by atoms with van der Waals surface area (Å²) in [6, 6.07) is 7.62. The molecule has 1 aromatic carbocycles. The molecule has 0 saturated carbocycles. The number of hydrogen-bond acceptors (Lipinski definition) is 5. The Labute approximate surface area is 106 Å². The van der Waals surface area contributed by atoms with Crippen LogP contribution in [0.25, 0.3) is 6.08 Å². The van der Waals surface area contributed by atoms with Gasteiger partial charge in [-0.3, -0.25) is 0 Å². The third-order valence-corrected chi connectivity index (χ3v) is 2.27. The fourth-order valence-corrected chi connectivity index (χ4v) is 1.33. The molecule has 0 spiro atoms. The summed E-state index contributed by atoms with van der Waals surface area (Å²) in [5.74, 6) is -0.592. The van der Waals surface area contributed by atoms with Gasteiger partial charge < -0.3 is 14.5 Å². The minimum absolute atomic E-state index is 0.00222. The van der Waals surface area contributed by atoms with E-state index in [9.17, 15) is 4.79 Å². The Kier molecular flexibility index (Phi) is 5.20. The highest BCUT2D eigenvalue weighted by Gasteiger charge is 2.12. The lowest BCUT2D eigenvalue weighted by Gasteiger charge is -2.12. The molecule has 0 aromatic heterocycles. The molecule has 0 aliphatic heterocycles. The van der Waals surface area contributed by atoms with Crippen molar-refractivity contribution in [3.8, 4) is 0 Å². The molecule has 0 atom stereocenters. The lowest BCUT2D eigenvalue weighted by molar-refractivity contribution is -0.239. The van der Waals surface area contributed by atoms with Gasteiger partial charge in [0, 0.05) is 19.8 Å². The van der Waals surface area contributed by atoms with E-state index in [1.807, 2.05) is 43.3 Å². The maximum Gasteiger partial charge on any atom is 0.377 e. The van der Waals surface area contributed by atoms with E-state index in [4.69, 9.17) is 4.89 Å². The van der Waals surface area contributed by atoms with Crippen molar-refractivity contribution < 1.29 is 19.3 Å². The van der Waals surface area contributed by atoms with Gasteiger partial charge in [0.1, 0.15) is 0 Å². The smallest absolute Gasteiger partial charge is 0.377 e. The predicted octanol–water partition coefficient (Wildman–Crippen LogP) is 1.84. The van der Waals surface area contributed by atoms with Crippen LogP contribution in [-0.4, -0.2) is 34.3 Å². The summed E-state index contributed by atoms with van der Waals surface area (Å²) in [4.78, 5) is 22.6. The molecular weight excluding hydrogens is 234 g/mol. The second-order valence-electron chi connectivity index (χ2n) is 3.74. The Hall–Kier alpha value is -2.01. The first-order chi connectivity index (χ1) is 8.58. The van der Waals surface area contributed by atoms with Crippen molar-refractivity contribution >= 4 is 17.7 Å². The van der Waals surface area contributed by atoms with Crippen LogP contribution in [0.15, 0.2) is 30.0 Å². The van der Waals surface area contributed by atoms with Crippen molar-refractivity contribution in [1.29, 1.82) is 0 Å². The van der Waals surface area contributed by atoms with Crippen molar-refractivity contribution in [2.45, 2.75) is 0 Å². The monoisotopic (exact) mass is 251 g/mol. The zero-order valence-corrected chi connectivity index (χ0v) is 11.0. The van der Waals surface area contributed by atoms with Crippen LogP contribution in [0.2, 0.25) is 0 Å². The van der Waals surface area contributed by atoms with Crippen LogP contribution in [0.4, 0.5) is 5.69 Å². The van der Waals surface area contributed by atoms with E-state index in [1.165, 1.54) is 14.2 Å². The van der Waals surface area contributed by atoms with Crippen LogP contribution in [0, 0.1) is 0 Å². The topological polar surface area (TPSA) is 48.0 Å². The number of carbonyl (C=O) groups is 1. The van der Waals surface area contributed by atoms with Crippen LogP contribution < -0.4 is 4.90 Å². The van der Waals surface area contributed by atoms with Gasteiger partial charge in [0.2, 0.25) is 5.76 Å². The lowest BCUT2D eigenvalue weighted by atomic mass is 10.2. The van der Waals surface area contributed by atoms with Gasteiger partial charge in [-0.1, -0.05) is 12.1 Å². The SMILES string of the molecule is COO/C(=C/c1ccc(N(C)C)cc1)C(=O)OC. The van der Waals surface area contributed by atoms with E-state index >= 15 is 0 Å². The van der Waals surface area contributed by atoms with E-state index in [2.05, 4.69) is 9.62 Å². The van der Waals surface area contributed by atoms with Gasteiger partial charge in [-0.05, 0) is 23.8 Å². The molecule has 5 nitrogen and oxygen atoms in total. The van der Waals surface area contributed by atoms with Crippen LogP contribution in [-0.2, 0) is 19.3 Å². The third kappa shape index (κ3) is 3.78. The Balaban J connectivity index is 2.93. The molecule has 0 aliphatic rings. The number of ether oxygens (including phenoxy) is 1. The van der Waals surface area contributed by atoms with E-state index in [0.29, 0.717) is 0 Å². The van der Waals surface area contributed by atoms with Crippen LogP contribution in [0.1, 0.15) is 5.56 Å². The van der Waals surface area contributed by atoms with Crippen LogP contribution >= 0.6 is 0 Å². The minimum Gasteiger partial charge on any atom is -0.463 e. The summed E-state index contributed by atoms with van der Waals surface area (Å²) >= 11 is 0. The number of nitrogens with zero attached hydrogens (tertiary/aromatic N) is 1. The number of hydrogen-bond donors (Lipinski definition) is 0. The van der Waals surface area contributed by atoms with Gasteiger partial charge in [0.05, 0.1) is 14.2 Å². The molecule has 0 heterocycles. The van der Waals surface area contributed by atoms with Crippen molar-refractivity contribution in [2.75, 3.05) is 33.2 Å². The van der Waals surface area contributed by atoms with Crippen molar-refractivity contribution in [2.24, 2.45) is 0 Å². The van der Waals surface area contributed by atoms with E-state index in [1.54, 1.807) is 6.08 Å². The van der Waals surface area contributed by atoms with Gasteiger partial charge in [-0.2, -0.15) is 4.89 Å². The zero-order chi connectivity index (χ0) is 13.5. The Morgan fingerprint density at radius 1 is 1.17 bits per heavy atom. The van der Waals surface area contributed by atoms with E-state index in [-0.39, 0.29) is 5.76 Å². The molecule has 0 bridgehead atoms. The first-order valence-electron chi connectivity index (χ1n) is 5.36. The molecule has 1 rings (SSSR count). The first kappa shape index (κ1) is 14.1. The molecule has 0 radical (unpaired) electrons. The lowest BCUT2D eigenvalue weighted by Crippen LogP contribution is -2.08. The van der Waals surface area contributed by atoms with Crippen LogP contribution in [0.5, 0.6) is 0 Å². The van der Waals surface area contributed by atoms with Crippen LogP contribution in [0.3, 0.4) is 0 Å². The molecule has 1 aromatic rings. The highest BCUT2D eigenvalue weighted by molar-refractivity contribution is 5.91. The summed E-state index contributed by atoms with van der Waals surface area (Å²) < 4.78 is 4.58. The summed E-state index contributed by atoms with van der Waals surface area (Å²) in [5, 5.41) is 0. The van der Waals surface area contributed by atoms with Gasteiger partial charge in [-0.15, -0.1) is 0 Å². The van der Waals surface area contributed by atoms with E-state index < -0.39 is 5.97 Å². The number of esters is 1. The van der Waals surface area contributed by atoms with Gasteiger partial charge in [0.25, 0.3) is 0 Å². The Bertz CT molecular complexity index is 423. The predicted molar refractivity (Wildman–Crippen MR) is 68.9 cm³/mol. The largest absolute Gasteiger partial charge is 0.463 e. The molecule has 0 fully saturated rings. The third-order valence-electron chi connectivity index (χ3n) is 2.27. The molecule has 0 saturated heterocycles. The fourth-order valence-electron chi connectivity index (χ4n) is 1.33. The molecule has 5 heteroatoms. The molecule has 0 amide bonds. The average molecular weight is 251 g/mol. The average Bonchev–Trinajstić information content (AvgIpc) is 2.38. The highest BCUT2D eigenvalue weighted by Crippen LogP contribution is 2.15. The van der Waals surface area contributed by atoms with E-state index in [0.717, 1.165) is 11.3 Å². The van der Waals surface area contributed by atoms with Gasteiger partial charge >= 0.3 is 5.97 Å². The zero-order valence-electron chi connectivity index (χ0n) is 11.0. The second kappa shape index (κ2) is 6.66. The maximum absolute atomic E-state index is 11.4. The maximum atomic E-state index is 11.4. The minimum atomic E-state index is -0.589. The summed E-state index contributed by atoms with van der Waals surface area (Å²) in [6.45, 7) is 0. The fraction of sp³-hybridized carbons (Fsp3) is 0.308. The Morgan fingerprint density at radius 2 is 1.78 bits per heavy atom. The summed E-state index contributed by atoms with van der Waals surface area (Å²) in [7, 11) is 6.52. The van der Waals surface area contributed by atoms with Gasteiger partial charge in [0.15, 0.2) is 0 Å². The number of benzene rings is 1. The number of methoxy groups -OCH3 is 1.